The second-order valence-electron chi connectivity index (χ2n) is 4.87. The number of ether oxygens (including phenoxy) is 1. The first-order valence-electron chi connectivity index (χ1n) is 6.98. The highest BCUT2D eigenvalue weighted by atomic mass is 16.5. The SMILES string of the molecule is COc1ccccc1C=C(C)C(=O)Nc1ccccc1C(=O)O. The summed E-state index contributed by atoms with van der Waals surface area (Å²) in [5.41, 5.74) is 1.52. The standard InChI is InChI=1S/C18H17NO4/c1-12(11-13-7-3-6-10-16(13)23-2)17(20)19-15-9-5-4-8-14(15)18(21)22/h3-11H,1-2H3,(H,19,20)(H,21,22). The van der Waals surface area contributed by atoms with Gasteiger partial charge in [-0.2, -0.15) is 0 Å². The Bertz CT molecular complexity index is 765. The van der Waals surface area contributed by atoms with Gasteiger partial charge in [0.25, 0.3) is 5.91 Å². The third-order valence-corrected chi connectivity index (χ3v) is 3.27. The number of anilines is 1. The number of hydrogen-bond acceptors (Lipinski definition) is 3. The van der Waals surface area contributed by atoms with Gasteiger partial charge in [0.2, 0.25) is 0 Å². The lowest BCUT2D eigenvalue weighted by Gasteiger charge is -2.09. The number of para-hydroxylation sites is 2. The van der Waals surface area contributed by atoms with E-state index in [1.54, 1.807) is 44.4 Å². The predicted octanol–water partition coefficient (Wildman–Crippen LogP) is 3.44. The number of carboxylic acid groups (broad SMARTS) is 1. The van der Waals surface area contributed by atoms with Crippen molar-refractivity contribution in [1.82, 2.24) is 0 Å². The van der Waals surface area contributed by atoms with Gasteiger partial charge in [-0.3, -0.25) is 4.79 Å². The molecule has 0 bridgehead atoms. The van der Waals surface area contributed by atoms with Crippen molar-refractivity contribution in [3.05, 3.63) is 65.2 Å². The largest absolute Gasteiger partial charge is 0.496 e. The van der Waals surface area contributed by atoms with Crippen molar-refractivity contribution in [3.8, 4) is 5.75 Å². The molecule has 2 rings (SSSR count). The smallest absolute Gasteiger partial charge is 0.337 e. The van der Waals surface area contributed by atoms with Gasteiger partial charge in [-0.1, -0.05) is 30.3 Å². The summed E-state index contributed by atoms with van der Waals surface area (Å²) >= 11 is 0. The van der Waals surface area contributed by atoms with Crippen molar-refractivity contribution in [2.45, 2.75) is 6.92 Å². The molecule has 0 heterocycles. The molecule has 1 amide bonds. The molecular formula is C18H17NO4. The van der Waals surface area contributed by atoms with Gasteiger partial charge in [0, 0.05) is 11.1 Å². The second kappa shape index (κ2) is 7.26. The first-order valence-corrected chi connectivity index (χ1v) is 6.98. The van der Waals surface area contributed by atoms with Crippen molar-refractivity contribution in [2.75, 3.05) is 12.4 Å². The zero-order valence-corrected chi connectivity index (χ0v) is 12.9. The number of carboxylic acids is 1. The summed E-state index contributed by atoms with van der Waals surface area (Å²) in [5, 5.41) is 11.8. The molecule has 0 spiro atoms. The van der Waals surface area contributed by atoms with Crippen LogP contribution in [0, 0.1) is 0 Å². The molecule has 0 aliphatic carbocycles. The molecule has 0 unspecified atom stereocenters. The summed E-state index contributed by atoms with van der Waals surface area (Å²) in [6, 6.07) is 13.6. The highest BCUT2D eigenvalue weighted by Gasteiger charge is 2.13. The maximum atomic E-state index is 12.3. The highest BCUT2D eigenvalue weighted by molar-refractivity contribution is 6.09. The third kappa shape index (κ3) is 3.97. The van der Waals surface area contributed by atoms with Gasteiger partial charge in [0.15, 0.2) is 0 Å². The van der Waals surface area contributed by atoms with Gasteiger partial charge in [-0.05, 0) is 31.2 Å². The van der Waals surface area contributed by atoms with Gasteiger partial charge < -0.3 is 15.2 Å². The molecule has 2 aromatic rings. The van der Waals surface area contributed by atoms with Crippen molar-refractivity contribution in [3.63, 3.8) is 0 Å². The molecule has 118 valence electrons. The minimum Gasteiger partial charge on any atom is -0.496 e. The number of hydrogen-bond donors (Lipinski definition) is 2. The molecular weight excluding hydrogens is 294 g/mol. The fraction of sp³-hybridized carbons (Fsp3) is 0.111. The molecule has 5 heteroatoms. The van der Waals surface area contributed by atoms with Crippen molar-refractivity contribution < 1.29 is 19.4 Å². The lowest BCUT2D eigenvalue weighted by Crippen LogP contribution is -2.15. The maximum absolute atomic E-state index is 12.3. The third-order valence-electron chi connectivity index (χ3n) is 3.27. The minimum absolute atomic E-state index is 0.0472. The van der Waals surface area contributed by atoms with Crippen LogP contribution in [0.15, 0.2) is 54.1 Å². The van der Waals surface area contributed by atoms with Crippen LogP contribution in [0.25, 0.3) is 6.08 Å². The van der Waals surface area contributed by atoms with E-state index in [4.69, 9.17) is 9.84 Å². The second-order valence-corrected chi connectivity index (χ2v) is 4.87. The highest BCUT2D eigenvalue weighted by Crippen LogP contribution is 2.21. The zero-order valence-electron chi connectivity index (χ0n) is 12.9. The Morgan fingerprint density at radius 2 is 1.74 bits per heavy atom. The van der Waals surface area contributed by atoms with Crippen molar-refractivity contribution in [2.24, 2.45) is 0 Å². The Balaban J connectivity index is 2.24. The summed E-state index contributed by atoms with van der Waals surface area (Å²) in [6.45, 7) is 1.66. The molecule has 0 fully saturated rings. The van der Waals surface area contributed by atoms with Crippen LogP contribution in [0.4, 0.5) is 5.69 Å². The Morgan fingerprint density at radius 3 is 2.43 bits per heavy atom. The van der Waals surface area contributed by atoms with E-state index in [2.05, 4.69) is 5.32 Å². The van der Waals surface area contributed by atoms with Crippen LogP contribution in [0.1, 0.15) is 22.8 Å². The van der Waals surface area contributed by atoms with Crippen LogP contribution >= 0.6 is 0 Å². The fourth-order valence-corrected chi connectivity index (χ4v) is 2.08. The Labute approximate surface area is 134 Å². The number of carbonyl (C=O) groups is 2. The van der Waals surface area contributed by atoms with E-state index in [1.807, 2.05) is 18.2 Å². The molecule has 0 aromatic heterocycles. The number of aromatic carboxylic acids is 1. The Hall–Kier alpha value is -3.08. The average Bonchev–Trinajstić information content (AvgIpc) is 2.55. The first-order chi connectivity index (χ1) is 11.0. The van der Waals surface area contributed by atoms with Gasteiger partial charge in [0.1, 0.15) is 5.75 Å². The lowest BCUT2D eigenvalue weighted by molar-refractivity contribution is -0.112. The van der Waals surface area contributed by atoms with Crippen LogP contribution in [-0.2, 0) is 4.79 Å². The van der Waals surface area contributed by atoms with Crippen LogP contribution < -0.4 is 10.1 Å². The minimum atomic E-state index is -1.09. The number of amides is 1. The predicted molar refractivity (Wildman–Crippen MR) is 88.7 cm³/mol. The zero-order chi connectivity index (χ0) is 16.8. The van der Waals surface area contributed by atoms with Crippen LogP contribution in [0.5, 0.6) is 5.75 Å². The normalized spacial score (nSPS) is 11.0. The summed E-state index contributed by atoms with van der Waals surface area (Å²) in [4.78, 5) is 23.4. The average molecular weight is 311 g/mol. The van der Waals surface area contributed by atoms with E-state index < -0.39 is 5.97 Å². The molecule has 2 aromatic carbocycles. The molecule has 0 aliphatic rings. The molecule has 2 N–H and O–H groups in total. The quantitative estimate of drug-likeness (QED) is 0.829. The molecule has 0 saturated heterocycles. The van der Waals surface area contributed by atoms with Crippen molar-refractivity contribution in [1.29, 1.82) is 0 Å². The Morgan fingerprint density at radius 1 is 1.09 bits per heavy atom. The molecule has 0 saturated carbocycles. The molecule has 0 radical (unpaired) electrons. The molecule has 23 heavy (non-hydrogen) atoms. The summed E-state index contributed by atoms with van der Waals surface area (Å²) < 4.78 is 5.24. The molecule has 0 atom stereocenters. The number of methoxy groups -OCH3 is 1. The van der Waals surface area contributed by atoms with Crippen LogP contribution in [-0.4, -0.2) is 24.1 Å². The summed E-state index contributed by atoms with van der Waals surface area (Å²) in [5.74, 6) is -0.803. The topological polar surface area (TPSA) is 75.6 Å². The van der Waals surface area contributed by atoms with Crippen LogP contribution in [0.3, 0.4) is 0 Å². The number of rotatable bonds is 5. The van der Waals surface area contributed by atoms with Gasteiger partial charge in [-0.15, -0.1) is 0 Å². The van der Waals surface area contributed by atoms with E-state index in [0.29, 0.717) is 11.3 Å². The summed E-state index contributed by atoms with van der Waals surface area (Å²) in [6.07, 6.45) is 1.69. The molecule has 5 nitrogen and oxygen atoms in total. The first kappa shape index (κ1) is 16.3. The van der Waals surface area contributed by atoms with E-state index in [-0.39, 0.29) is 17.2 Å². The van der Waals surface area contributed by atoms with Crippen molar-refractivity contribution >= 4 is 23.6 Å². The van der Waals surface area contributed by atoms with Gasteiger partial charge in [-0.25, -0.2) is 4.79 Å². The number of nitrogens with one attached hydrogen (secondary N) is 1. The van der Waals surface area contributed by atoms with E-state index in [0.717, 1.165) is 5.56 Å². The monoisotopic (exact) mass is 311 g/mol. The number of carbonyl (C=O) groups excluding carboxylic acids is 1. The van der Waals surface area contributed by atoms with Crippen LogP contribution in [0.2, 0.25) is 0 Å². The molecule has 0 aliphatic heterocycles. The lowest BCUT2D eigenvalue weighted by atomic mass is 10.1. The van der Waals surface area contributed by atoms with E-state index >= 15 is 0 Å². The van der Waals surface area contributed by atoms with Gasteiger partial charge >= 0.3 is 5.97 Å². The van der Waals surface area contributed by atoms with Gasteiger partial charge in [0.05, 0.1) is 18.4 Å². The maximum Gasteiger partial charge on any atom is 0.337 e. The van der Waals surface area contributed by atoms with E-state index in [1.165, 1.54) is 6.07 Å². The Kier molecular flexibility index (Phi) is 5.15. The fourth-order valence-electron chi connectivity index (χ4n) is 2.08. The van der Waals surface area contributed by atoms with E-state index in [9.17, 15) is 9.59 Å². The number of benzene rings is 2. The summed E-state index contributed by atoms with van der Waals surface area (Å²) in [7, 11) is 1.56.